The molecule has 2 heterocycles. The highest BCUT2D eigenvalue weighted by Gasteiger charge is 2.17. The maximum atomic E-state index is 12.4. The number of para-hydroxylation sites is 1. The van der Waals surface area contributed by atoms with E-state index in [0.29, 0.717) is 35.9 Å². The van der Waals surface area contributed by atoms with Crippen LogP contribution in [-0.4, -0.2) is 28.8 Å². The molecule has 0 radical (unpaired) electrons. The molecule has 4 aromatic rings. The van der Waals surface area contributed by atoms with Crippen LogP contribution in [0.25, 0.3) is 11.1 Å². The van der Waals surface area contributed by atoms with E-state index in [2.05, 4.69) is 26.3 Å². The maximum Gasteiger partial charge on any atom is 0.253 e. The van der Waals surface area contributed by atoms with Gasteiger partial charge in [0.15, 0.2) is 0 Å². The van der Waals surface area contributed by atoms with E-state index in [-0.39, 0.29) is 11.8 Å². The molecule has 1 aliphatic heterocycles. The smallest absolute Gasteiger partial charge is 0.253 e. The average Bonchev–Trinajstić information content (AvgIpc) is 2.89. The molecule has 5 rings (SSSR count). The summed E-state index contributed by atoms with van der Waals surface area (Å²) in [5.74, 6) is 0.813. The number of amides is 2. The van der Waals surface area contributed by atoms with E-state index in [1.54, 1.807) is 19.3 Å². The zero-order valence-electron chi connectivity index (χ0n) is 19.1. The first-order valence-corrected chi connectivity index (χ1v) is 11.3. The van der Waals surface area contributed by atoms with Gasteiger partial charge in [0.1, 0.15) is 5.82 Å². The highest BCUT2D eigenvalue weighted by molar-refractivity contribution is 6.00. The predicted octanol–water partition coefficient (Wildman–Crippen LogP) is 4.88. The summed E-state index contributed by atoms with van der Waals surface area (Å²) in [6.07, 6.45) is 2.92. The number of nitrogens with one attached hydrogen (secondary N) is 4. The van der Waals surface area contributed by atoms with Gasteiger partial charge < -0.3 is 21.3 Å². The number of hydrogen-bond acceptors (Lipinski definition) is 6. The summed E-state index contributed by atoms with van der Waals surface area (Å²) in [4.78, 5) is 33.3. The summed E-state index contributed by atoms with van der Waals surface area (Å²) < 4.78 is 0. The minimum absolute atomic E-state index is 0.0331. The van der Waals surface area contributed by atoms with Crippen molar-refractivity contribution in [3.8, 4) is 11.1 Å². The summed E-state index contributed by atoms with van der Waals surface area (Å²) >= 11 is 0. The number of anilines is 5. The third-order valence-electron chi connectivity index (χ3n) is 5.78. The first-order valence-electron chi connectivity index (χ1n) is 11.3. The SMILES string of the molecule is CNC(=O)c1ccccc1Nc1nc(Nc2ccc3c(c2)CCC(=O)N3)ncc1-c1ccccc1. The van der Waals surface area contributed by atoms with E-state index in [9.17, 15) is 9.59 Å². The molecule has 4 N–H and O–H groups in total. The lowest BCUT2D eigenvalue weighted by Crippen LogP contribution is -2.19. The molecule has 2 amide bonds. The van der Waals surface area contributed by atoms with Gasteiger partial charge >= 0.3 is 0 Å². The number of aryl methyl sites for hydroxylation is 1. The first kappa shape index (κ1) is 22.1. The molecule has 3 aromatic carbocycles. The van der Waals surface area contributed by atoms with Gasteiger partial charge in [-0.1, -0.05) is 42.5 Å². The van der Waals surface area contributed by atoms with Crippen LogP contribution in [0.15, 0.2) is 79.0 Å². The van der Waals surface area contributed by atoms with Crippen molar-refractivity contribution in [2.75, 3.05) is 23.0 Å². The molecule has 0 unspecified atom stereocenters. The Morgan fingerprint density at radius 2 is 1.74 bits per heavy atom. The number of hydrogen-bond donors (Lipinski definition) is 4. The van der Waals surface area contributed by atoms with E-state index in [0.717, 1.165) is 28.1 Å². The Balaban J connectivity index is 1.50. The van der Waals surface area contributed by atoms with Gasteiger partial charge in [0, 0.05) is 36.6 Å². The maximum absolute atomic E-state index is 12.4. The van der Waals surface area contributed by atoms with Gasteiger partial charge in [-0.2, -0.15) is 4.98 Å². The molecule has 1 aromatic heterocycles. The zero-order valence-corrected chi connectivity index (χ0v) is 19.1. The number of carbonyl (C=O) groups is 2. The van der Waals surface area contributed by atoms with Crippen LogP contribution in [0.1, 0.15) is 22.3 Å². The molecule has 8 heteroatoms. The standard InChI is InChI=1S/C27H24N6O2/c1-28-26(35)20-9-5-6-10-23(20)32-25-21(17-7-3-2-4-8-17)16-29-27(33-25)30-19-12-13-22-18(15-19)11-14-24(34)31-22/h2-10,12-13,15-16H,11,14H2,1H3,(H,28,35)(H,31,34)(H2,29,30,32,33). The Bertz CT molecular complexity index is 1400. The molecule has 0 spiro atoms. The van der Waals surface area contributed by atoms with E-state index in [1.807, 2.05) is 66.7 Å². The van der Waals surface area contributed by atoms with E-state index in [1.165, 1.54) is 0 Å². The number of carbonyl (C=O) groups excluding carboxylic acids is 2. The number of fused-ring (bicyclic) bond motifs is 1. The molecular formula is C27H24N6O2. The highest BCUT2D eigenvalue weighted by Crippen LogP contribution is 2.32. The normalized spacial score (nSPS) is 12.3. The lowest BCUT2D eigenvalue weighted by Gasteiger charge is -2.18. The molecule has 35 heavy (non-hydrogen) atoms. The molecule has 8 nitrogen and oxygen atoms in total. The molecule has 0 fully saturated rings. The van der Waals surface area contributed by atoms with Crippen molar-refractivity contribution in [1.29, 1.82) is 0 Å². The Morgan fingerprint density at radius 3 is 2.57 bits per heavy atom. The molecule has 0 aliphatic carbocycles. The van der Waals surface area contributed by atoms with Gasteiger partial charge in [0.05, 0.1) is 11.3 Å². The minimum Gasteiger partial charge on any atom is -0.355 e. The van der Waals surface area contributed by atoms with Crippen LogP contribution >= 0.6 is 0 Å². The Kier molecular flexibility index (Phi) is 6.09. The molecule has 0 saturated heterocycles. The van der Waals surface area contributed by atoms with Gasteiger partial charge in [-0.3, -0.25) is 9.59 Å². The summed E-state index contributed by atoms with van der Waals surface area (Å²) in [6, 6.07) is 22.9. The summed E-state index contributed by atoms with van der Waals surface area (Å²) in [6.45, 7) is 0. The van der Waals surface area contributed by atoms with Crippen molar-refractivity contribution in [3.63, 3.8) is 0 Å². The number of rotatable bonds is 6. The second kappa shape index (κ2) is 9.64. The lowest BCUT2D eigenvalue weighted by atomic mass is 10.0. The van der Waals surface area contributed by atoms with Crippen LogP contribution < -0.4 is 21.3 Å². The van der Waals surface area contributed by atoms with Crippen LogP contribution in [0.4, 0.5) is 28.8 Å². The third kappa shape index (κ3) is 4.81. The van der Waals surface area contributed by atoms with Crippen molar-refractivity contribution < 1.29 is 9.59 Å². The van der Waals surface area contributed by atoms with Crippen LogP contribution in [0.3, 0.4) is 0 Å². The highest BCUT2D eigenvalue weighted by atomic mass is 16.2. The zero-order chi connectivity index (χ0) is 24.2. The fourth-order valence-corrected chi connectivity index (χ4v) is 4.01. The second-order valence-electron chi connectivity index (χ2n) is 8.12. The molecule has 0 bridgehead atoms. The van der Waals surface area contributed by atoms with Crippen LogP contribution in [0.2, 0.25) is 0 Å². The second-order valence-corrected chi connectivity index (χ2v) is 8.12. The quantitative estimate of drug-likeness (QED) is 0.324. The monoisotopic (exact) mass is 464 g/mol. The topological polar surface area (TPSA) is 108 Å². The summed E-state index contributed by atoms with van der Waals surface area (Å²) in [5.41, 5.74) is 5.62. The van der Waals surface area contributed by atoms with Crippen molar-refractivity contribution in [2.24, 2.45) is 0 Å². The molecule has 0 saturated carbocycles. The number of aromatic nitrogens is 2. The number of nitrogens with zero attached hydrogens (tertiary/aromatic N) is 2. The van der Waals surface area contributed by atoms with Gasteiger partial charge in [-0.05, 0) is 47.9 Å². The van der Waals surface area contributed by atoms with Crippen molar-refractivity contribution >= 4 is 40.6 Å². The Morgan fingerprint density at radius 1 is 0.943 bits per heavy atom. The van der Waals surface area contributed by atoms with E-state index in [4.69, 9.17) is 4.98 Å². The number of benzene rings is 3. The largest absolute Gasteiger partial charge is 0.355 e. The van der Waals surface area contributed by atoms with Crippen molar-refractivity contribution in [2.45, 2.75) is 12.8 Å². The Hall–Kier alpha value is -4.72. The first-order chi connectivity index (χ1) is 17.1. The summed E-state index contributed by atoms with van der Waals surface area (Å²) in [7, 11) is 1.60. The third-order valence-corrected chi connectivity index (χ3v) is 5.78. The summed E-state index contributed by atoms with van der Waals surface area (Å²) in [5, 5.41) is 12.2. The van der Waals surface area contributed by atoms with Crippen molar-refractivity contribution in [3.05, 3.63) is 90.1 Å². The average molecular weight is 465 g/mol. The molecule has 174 valence electrons. The van der Waals surface area contributed by atoms with Gasteiger partial charge in [0.2, 0.25) is 11.9 Å². The molecule has 0 atom stereocenters. The van der Waals surface area contributed by atoms with Crippen LogP contribution in [-0.2, 0) is 11.2 Å². The van der Waals surface area contributed by atoms with Crippen LogP contribution in [0.5, 0.6) is 0 Å². The van der Waals surface area contributed by atoms with E-state index >= 15 is 0 Å². The fraction of sp³-hybridized carbons (Fsp3) is 0.111. The van der Waals surface area contributed by atoms with Gasteiger partial charge in [0.25, 0.3) is 5.91 Å². The molecular weight excluding hydrogens is 440 g/mol. The molecule has 1 aliphatic rings. The van der Waals surface area contributed by atoms with Gasteiger partial charge in [-0.15, -0.1) is 0 Å². The van der Waals surface area contributed by atoms with Crippen molar-refractivity contribution in [1.82, 2.24) is 15.3 Å². The Labute approximate surface area is 202 Å². The van der Waals surface area contributed by atoms with E-state index < -0.39 is 0 Å². The van der Waals surface area contributed by atoms with Gasteiger partial charge in [-0.25, -0.2) is 4.98 Å². The predicted molar refractivity (Wildman–Crippen MR) is 137 cm³/mol. The minimum atomic E-state index is -0.192. The fourth-order valence-electron chi connectivity index (χ4n) is 4.01. The van der Waals surface area contributed by atoms with Crippen LogP contribution in [0, 0.1) is 0 Å². The lowest BCUT2D eigenvalue weighted by molar-refractivity contribution is -0.116.